The van der Waals surface area contributed by atoms with Crippen LogP contribution in [0.4, 0.5) is 10.3 Å². The average molecular weight is 316 g/mol. The molecule has 6 heteroatoms. The molecule has 1 aromatic carbocycles. The molecule has 122 valence electrons. The number of halogens is 1. The summed E-state index contributed by atoms with van der Waals surface area (Å²) in [4.78, 5) is 2.07. The summed E-state index contributed by atoms with van der Waals surface area (Å²) in [5, 5.41) is 19.6. The molecular formula is C17H21FN4O. The molecule has 2 aromatic rings. The van der Waals surface area contributed by atoms with Crippen LogP contribution in [0.5, 0.6) is 0 Å². The Balaban J connectivity index is 1.56. The molecule has 4 rings (SSSR count). The van der Waals surface area contributed by atoms with Gasteiger partial charge in [-0.2, -0.15) is 0 Å². The molecule has 2 heterocycles. The number of nitrogens with zero attached hydrogens (tertiary/aromatic N) is 4. The third kappa shape index (κ3) is 2.41. The van der Waals surface area contributed by atoms with Gasteiger partial charge in [0.15, 0.2) is 0 Å². The van der Waals surface area contributed by atoms with Crippen LogP contribution in [0, 0.1) is 5.82 Å². The molecule has 1 aliphatic heterocycles. The SMILES string of the molecule is Cn1c(C2CCC2)nnc1N1CCC(O)(c2ccc(F)cc2)C1. The summed E-state index contributed by atoms with van der Waals surface area (Å²) in [6, 6.07) is 6.12. The van der Waals surface area contributed by atoms with Crippen LogP contribution in [0.2, 0.25) is 0 Å². The molecular weight excluding hydrogens is 295 g/mol. The summed E-state index contributed by atoms with van der Waals surface area (Å²) in [5.74, 6) is 2.10. The van der Waals surface area contributed by atoms with E-state index in [1.165, 1.54) is 31.4 Å². The molecule has 1 saturated carbocycles. The van der Waals surface area contributed by atoms with Crippen molar-refractivity contribution in [1.82, 2.24) is 14.8 Å². The first-order valence-corrected chi connectivity index (χ1v) is 8.19. The lowest BCUT2D eigenvalue weighted by atomic mass is 9.85. The van der Waals surface area contributed by atoms with Gasteiger partial charge < -0.3 is 14.6 Å². The highest BCUT2D eigenvalue weighted by molar-refractivity contribution is 5.38. The molecule has 2 aliphatic rings. The molecule has 0 radical (unpaired) electrons. The van der Waals surface area contributed by atoms with Gasteiger partial charge >= 0.3 is 0 Å². The fourth-order valence-corrected chi connectivity index (χ4v) is 3.59. The average Bonchev–Trinajstić information content (AvgIpc) is 3.04. The fraction of sp³-hybridized carbons (Fsp3) is 0.529. The smallest absolute Gasteiger partial charge is 0.227 e. The first-order chi connectivity index (χ1) is 11.1. The van der Waals surface area contributed by atoms with Crippen LogP contribution < -0.4 is 4.90 Å². The molecule has 1 unspecified atom stereocenters. The lowest BCUT2D eigenvalue weighted by molar-refractivity contribution is 0.0605. The molecule has 2 fully saturated rings. The number of hydrogen-bond donors (Lipinski definition) is 1. The molecule has 0 spiro atoms. The van der Waals surface area contributed by atoms with Gasteiger partial charge in [-0.15, -0.1) is 10.2 Å². The van der Waals surface area contributed by atoms with E-state index in [-0.39, 0.29) is 5.82 Å². The third-order valence-electron chi connectivity index (χ3n) is 5.27. The van der Waals surface area contributed by atoms with Gasteiger partial charge in [0.2, 0.25) is 5.95 Å². The van der Waals surface area contributed by atoms with Crippen LogP contribution in [-0.2, 0) is 12.6 Å². The standard InChI is InChI=1S/C17H21FN4O/c1-21-15(12-3-2-4-12)19-20-16(21)22-10-9-17(23,11-22)13-5-7-14(18)8-6-13/h5-8,12,23H,2-4,9-11H2,1H3. The summed E-state index contributed by atoms with van der Waals surface area (Å²) < 4.78 is 15.2. The van der Waals surface area contributed by atoms with Gasteiger partial charge in [-0.05, 0) is 37.0 Å². The van der Waals surface area contributed by atoms with Gasteiger partial charge in [0.1, 0.15) is 17.2 Å². The predicted octanol–water partition coefficient (Wildman–Crippen LogP) is 2.32. The Morgan fingerprint density at radius 3 is 2.61 bits per heavy atom. The second-order valence-electron chi connectivity index (χ2n) is 6.76. The van der Waals surface area contributed by atoms with Gasteiger partial charge in [0.05, 0.1) is 6.54 Å². The summed E-state index contributed by atoms with van der Waals surface area (Å²) >= 11 is 0. The zero-order valence-corrected chi connectivity index (χ0v) is 13.2. The maximum Gasteiger partial charge on any atom is 0.227 e. The summed E-state index contributed by atoms with van der Waals surface area (Å²) in [6.45, 7) is 1.17. The van der Waals surface area contributed by atoms with Crippen LogP contribution in [0.15, 0.2) is 24.3 Å². The van der Waals surface area contributed by atoms with Gasteiger partial charge in [0.25, 0.3) is 0 Å². The normalized spacial score (nSPS) is 24.9. The minimum atomic E-state index is -0.962. The monoisotopic (exact) mass is 316 g/mol. The van der Waals surface area contributed by atoms with Crippen molar-refractivity contribution in [3.63, 3.8) is 0 Å². The van der Waals surface area contributed by atoms with Crippen molar-refractivity contribution in [1.29, 1.82) is 0 Å². The van der Waals surface area contributed by atoms with Crippen LogP contribution in [0.1, 0.15) is 43.0 Å². The van der Waals surface area contributed by atoms with Crippen molar-refractivity contribution in [3.05, 3.63) is 41.5 Å². The predicted molar refractivity (Wildman–Crippen MR) is 84.7 cm³/mol. The van der Waals surface area contributed by atoms with Gasteiger partial charge in [-0.25, -0.2) is 4.39 Å². The number of rotatable bonds is 3. The molecule has 0 bridgehead atoms. The number of benzene rings is 1. The second kappa shape index (κ2) is 5.30. The Morgan fingerprint density at radius 1 is 1.22 bits per heavy atom. The van der Waals surface area contributed by atoms with Crippen molar-refractivity contribution >= 4 is 5.95 Å². The number of anilines is 1. The van der Waals surface area contributed by atoms with E-state index in [1.54, 1.807) is 12.1 Å². The topological polar surface area (TPSA) is 54.2 Å². The van der Waals surface area contributed by atoms with Gasteiger partial charge in [-0.3, -0.25) is 0 Å². The maximum absolute atomic E-state index is 13.1. The fourth-order valence-electron chi connectivity index (χ4n) is 3.59. The first-order valence-electron chi connectivity index (χ1n) is 8.19. The van der Waals surface area contributed by atoms with E-state index in [1.807, 2.05) is 7.05 Å². The van der Waals surface area contributed by atoms with Crippen molar-refractivity contribution in [3.8, 4) is 0 Å². The summed E-state index contributed by atoms with van der Waals surface area (Å²) in [5.41, 5.74) is -0.209. The number of aromatic nitrogens is 3. The Kier molecular flexibility index (Phi) is 3.37. The largest absolute Gasteiger partial charge is 0.383 e. The van der Waals surface area contributed by atoms with E-state index in [0.717, 1.165) is 17.3 Å². The van der Waals surface area contributed by atoms with Crippen molar-refractivity contribution in [2.75, 3.05) is 18.0 Å². The molecule has 0 amide bonds. The van der Waals surface area contributed by atoms with Crippen molar-refractivity contribution in [2.24, 2.45) is 7.05 Å². The highest BCUT2D eigenvalue weighted by atomic mass is 19.1. The zero-order chi connectivity index (χ0) is 16.0. The van der Waals surface area contributed by atoms with Crippen LogP contribution in [0.25, 0.3) is 0 Å². The number of β-amino-alcohol motifs (C(OH)–C–C–N with tert-alkyl or cyclic N) is 1. The van der Waals surface area contributed by atoms with E-state index >= 15 is 0 Å². The van der Waals surface area contributed by atoms with E-state index in [4.69, 9.17) is 0 Å². The molecule has 1 aliphatic carbocycles. The van der Waals surface area contributed by atoms with E-state index in [2.05, 4.69) is 19.7 Å². The molecule has 5 nitrogen and oxygen atoms in total. The lowest BCUT2D eigenvalue weighted by Gasteiger charge is -2.26. The second-order valence-corrected chi connectivity index (χ2v) is 6.76. The summed E-state index contributed by atoms with van der Waals surface area (Å²) in [7, 11) is 2.00. The van der Waals surface area contributed by atoms with Crippen LogP contribution >= 0.6 is 0 Å². The molecule has 1 aromatic heterocycles. The molecule has 23 heavy (non-hydrogen) atoms. The van der Waals surface area contributed by atoms with Crippen LogP contribution in [-0.4, -0.2) is 33.0 Å². The number of hydrogen-bond acceptors (Lipinski definition) is 4. The van der Waals surface area contributed by atoms with E-state index in [0.29, 0.717) is 25.4 Å². The van der Waals surface area contributed by atoms with Crippen molar-refractivity contribution in [2.45, 2.75) is 37.2 Å². The molecule has 1 N–H and O–H groups in total. The molecule has 1 saturated heterocycles. The van der Waals surface area contributed by atoms with Gasteiger partial charge in [-0.1, -0.05) is 18.6 Å². The maximum atomic E-state index is 13.1. The quantitative estimate of drug-likeness (QED) is 0.944. The Bertz CT molecular complexity index is 710. The third-order valence-corrected chi connectivity index (χ3v) is 5.27. The minimum Gasteiger partial charge on any atom is -0.383 e. The van der Waals surface area contributed by atoms with Gasteiger partial charge in [0, 0.05) is 19.5 Å². The highest BCUT2D eigenvalue weighted by Crippen LogP contribution is 2.38. The summed E-state index contributed by atoms with van der Waals surface area (Å²) in [6.07, 6.45) is 4.24. The van der Waals surface area contributed by atoms with E-state index < -0.39 is 5.60 Å². The zero-order valence-electron chi connectivity index (χ0n) is 13.2. The Labute approximate surface area is 134 Å². The number of aliphatic hydroxyl groups is 1. The molecule has 1 atom stereocenters. The lowest BCUT2D eigenvalue weighted by Crippen LogP contribution is -2.32. The minimum absolute atomic E-state index is 0.286. The van der Waals surface area contributed by atoms with Crippen molar-refractivity contribution < 1.29 is 9.50 Å². The Morgan fingerprint density at radius 2 is 1.96 bits per heavy atom. The highest BCUT2D eigenvalue weighted by Gasteiger charge is 2.39. The first kappa shape index (κ1) is 14.6. The Hall–Kier alpha value is -1.95. The van der Waals surface area contributed by atoms with Crippen LogP contribution in [0.3, 0.4) is 0 Å². The van der Waals surface area contributed by atoms with E-state index in [9.17, 15) is 9.50 Å².